The summed E-state index contributed by atoms with van der Waals surface area (Å²) in [5, 5.41) is 4.18. The van der Waals surface area contributed by atoms with Gasteiger partial charge < -0.3 is 20.9 Å². The number of thiazole rings is 1. The number of hydrogen-bond acceptors (Lipinski definition) is 7. The number of hydrogen-bond donors (Lipinski definition) is 2. The van der Waals surface area contributed by atoms with Crippen LogP contribution in [0, 0.1) is 0 Å². The molecule has 0 unspecified atom stereocenters. The van der Waals surface area contributed by atoms with E-state index in [1.54, 1.807) is 0 Å². The van der Waals surface area contributed by atoms with Gasteiger partial charge in [0.2, 0.25) is 0 Å². The maximum Gasteiger partial charge on any atom is 0.267 e. The summed E-state index contributed by atoms with van der Waals surface area (Å²) in [5.41, 5.74) is 5.96. The molecule has 0 bridgehead atoms. The molecule has 0 radical (unpaired) electrons. The third-order valence-corrected chi connectivity index (χ3v) is 5.58. The van der Waals surface area contributed by atoms with E-state index >= 15 is 0 Å². The minimum absolute atomic E-state index is 0.0432. The molecule has 6 nitrogen and oxygen atoms in total. The minimum Gasteiger partial charge on any atom is -0.382 e. The third kappa shape index (κ3) is 2.87. The SMILES string of the molecule is Nc1nc(N2CCNCC2)sc1C(=O)N1CCSCC1. The van der Waals surface area contributed by atoms with Gasteiger partial charge in [-0.1, -0.05) is 11.3 Å². The van der Waals surface area contributed by atoms with Gasteiger partial charge in [-0.25, -0.2) is 4.98 Å². The first-order valence-corrected chi connectivity index (χ1v) is 8.82. The van der Waals surface area contributed by atoms with Crippen molar-refractivity contribution in [2.24, 2.45) is 0 Å². The van der Waals surface area contributed by atoms with Crippen molar-refractivity contribution in [1.29, 1.82) is 0 Å². The summed E-state index contributed by atoms with van der Waals surface area (Å²) >= 11 is 3.32. The molecular weight excluding hydrogens is 294 g/mol. The maximum atomic E-state index is 12.5. The van der Waals surface area contributed by atoms with Crippen molar-refractivity contribution < 1.29 is 4.79 Å². The van der Waals surface area contributed by atoms with Gasteiger partial charge in [0.25, 0.3) is 5.91 Å². The van der Waals surface area contributed by atoms with Gasteiger partial charge in [0.15, 0.2) is 5.13 Å². The molecule has 3 N–H and O–H groups in total. The number of nitrogens with one attached hydrogen (secondary N) is 1. The molecule has 110 valence electrons. The van der Waals surface area contributed by atoms with Gasteiger partial charge in [0, 0.05) is 50.8 Å². The van der Waals surface area contributed by atoms with E-state index in [-0.39, 0.29) is 5.91 Å². The molecule has 20 heavy (non-hydrogen) atoms. The van der Waals surface area contributed by atoms with E-state index in [1.165, 1.54) is 11.3 Å². The Morgan fingerprint density at radius 1 is 1.20 bits per heavy atom. The van der Waals surface area contributed by atoms with E-state index in [0.29, 0.717) is 10.7 Å². The van der Waals surface area contributed by atoms with E-state index in [1.807, 2.05) is 16.7 Å². The van der Waals surface area contributed by atoms with Gasteiger partial charge in [0.1, 0.15) is 10.7 Å². The molecular formula is C12H19N5OS2. The lowest BCUT2D eigenvalue weighted by Crippen LogP contribution is -2.43. The normalized spacial score (nSPS) is 20.2. The van der Waals surface area contributed by atoms with Crippen LogP contribution in [0.5, 0.6) is 0 Å². The fourth-order valence-corrected chi connectivity index (χ4v) is 4.28. The van der Waals surface area contributed by atoms with Crippen LogP contribution in [-0.4, -0.2) is 66.6 Å². The Balaban J connectivity index is 1.75. The van der Waals surface area contributed by atoms with Crippen LogP contribution in [0.25, 0.3) is 0 Å². The zero-order chi connectivity index (χ0) is 13.9. The molecule has 0 spiro atoms. The van der Waals surface area contributed by atoms with Gasteiger partial charge in [0.05, 0.1) is 0 Å². The average Bonchev–Trinajstić information content (AvgIpc) is 2.90. The molecule has 0 saturated carbocycles. The first-order valence-electron chi connectivity index (χ1n) is 6.84. The smallest absolute Gasteiger partial charge is 0.267 e. The second kappa shape index (κ2) is 6.19. The summed E-state index contributed by atoms with van der Waals surface area (Å²) in [4.78, 5) is 21.6. The van der Waals surface area contributed by atoms with Crippen LogP contribution in [0.15, 0.2) is 0 Å². The van der Waals surface area contributed by atoms with Gasteiger partial charge in [-0.3, -0.25) is 4.79 Å². The van der Waals surface area contributed by atoms with E-state index in [9.17, 15) is 4.79 Å². The zero-order valence-corrected chi connectivity index (χ0v) is 12.9. The summed E-state index contributed by atoms with van der Waals surface area (Å²) in [6, 6.07) is 0. The van der Waals surface area contributed by atoms with Crippen molar-refractivity contribution in [3.8, 4) is 0 Å². The monoisotopic (exact) mass is 313 g/mol. The molecule has 2 saturated heterocycles. The molecule has 0 aliphatic carbocycles. The largest absolute Gasteiger partial charge is 0.382 e. The lowest BCUT2D eigenvalue weighted by atomic mass is 10.4. The summed E-state index contributed by atoms with van der Waals surface area (Å²) in [6.07, 6.45) is 0. The molecule has 2 fully saturated rings. The Labute approximate surface area is 126 Å². The summed E-state index contributed by atoms with van der Waals surface area (Å²) in [5.74, 6) is 2.44. The first kappa shape index (κ1) is 14.0. The van der Waals surface area contributed by atoms with E-state index in [2.05, 4.69) is 15.2 Å². The molecule has 0 atom stereocenters. The fraction of sp³-hybridized carbons (Fsp3) is 0.667. The maximum absolute atomic E-state index is 12.5. The van der Waals surface area contributed by atoms with Gasteiger partial charge in [-0.05, 0) is 0 Å². The number of anilines is 2. The number of thioether (sulfide) groups is 1. The number of carbonyl (C=O) groups excluding carboxylic acids is 1. The van der Waals surface area contributed by atoms with Gasteiger partial charge in [-0.2, -0.15) is 11.8 Å². The van der Waals surface area contributed by atoms with Crippen LogP contribution < -0.4 is 16.0 Å². The van der Waals surface area contributed by atoms with Crippen molar-refractivity contribution in [3.05, 3.63) is 4.88 Å². The van der Waals surface area contributed by atoms with Crippen LogP contribution in [0.1, 0.15) is 9.67 Å². The molecule has 2 aliphatic heterocycles. The number of amides is 1. The summed E-state index contributed by atoms with van der Waals surface area (Å²) < 4.78 is 0. The number of nitrogens with zero attached hydrogens (tertiary/aromatic N) is 3. The number of aromatic nitrogens is 1. The number of nitrogen functional groups attached to an aromatic ring is 1. The fourth-order valence-electron chi connectivity index (χ4n) is 2.37. The average molecular weight is 313 g/mol. The van der Waals surface area contributed by atoms with E-state index in [0.717, 1.165) is 55.9 Å². The number of piperazine rings is 1. The molecule has 8 heteroatoms. The quantitative estimate of drug-likeness (QED) is 0.819. The van der Waals surface area contributed by atoms with Crippen LogP contribution in [-0.2, 0) is 0 Å². The van der Waals surface area contributed by atoms with Crippen LogP contribution in [0.4, 0.5) is 10.9 Å². The van der Waals surface area contributed by atoms with Crippen LogP contribution in [0.2, 0.25) is 0 Å². The first-order chi connectivity index (χ1) is 9.75. The highest BCUT2D eigenvalue weighted by atomic mass is 32.2. The van der Waals surface area contributed by atoms with Crippen molar-refractivity contribution >= 4 is 40.0 Å². The van der Waals surface area contributed by atoms with Crippen LogP contribution >= 0.6 is 23.1 Å². The highest BCUT2D eigenvalue weighted by molar-refractivity contribution is 7.99. The highest BCUT2D eigenvalue weighted by Crippen LogP contribution is 2.30. The third-order valence-electron chi connectivity index (χ3n) is 3.52. The lowest BCUT2D eigenvalue weighted by Gasteiger charge is -2.27. The predicted octanol–water partition coefficient (Wildman–Crippen LogP) is 0.324. The lowest BCUT2D eigenvalue weighted by molar-refractivity contribution is 0.0778. The standard InChI is InChI=1S/C12H19N5OS2/c13-10-9(11(18)16-5-7-19-8-6-16)20-12(15-10)17-3-1-14-2-4-17/h14H,1-8,13H2. The number of carbonyl (C=O) groups is 1. The minimum atomic E-state index is 0.0432. The predicted molar refractivity (Wildman–Crippen MR) is 84.8 cm³/mol. The molecule has 1 amide bonds. The molecule has 3 heterocycles. The van der Waals surface area contributed by atoms with Gasteiger partial charge >= 0.3 is 0 Å². The molecule has 3 rings (SSSR count). The Kier molecular flexibility index (Phi) is 4.32. The molecule has 1 aromatic rings. The number of rotatable bonds is 2. The van der Waals surface area contributed by atoms with Crippen molar-refractivity contribution in [2.75, 3.05) is 61.4 Å². The second-order valence-corrected chi connectivity index (χ2v) is 7.05. The van der Waals surface area contributed by atoms with E-state index < -0.39 is 0 Å². The van der Waals surface area contributed by atoms with Crippen molar-refractivity contribution in [1.82, 2.24) is 15.2 Å². The van der Waals surface area contributed by atoms with Gasteiger partial charge in [-0.15, -0.1) is 0 Å². The Morgan fingerprint density at radius 3 is 2.60 bits per heavy atom. The van der Waals surface area contributed by atoms with Crippen molar-refractivity contribution in [2.45, 2.75) is 0 Å². The van der Waals surface area contributed by atoms with E-state index in [4.69, 9.17) is 5.73 Å². The topological polar surface area (TPSA) is 74.5 Å². The molecule has 0 aromatic carbocycles. The Morgan fingerprint density at radius 2 is 1.90 bits per heavy atom. The Bertz CT molecular complexity index is 480. The molecule has 1 aromatic heterocycles. The zero-order valence-electron chi connectivity index (χ0n) is 11.3. The number of nitrogens with two attached hydrogens (primary N) is 1. The van der Waals surface area contributed by atoms with Crippen molar-refractivity contribution in [3.63, 3.8) is 0 Å². The highest BCUT2D eigenvalue weighted by Gasteiger charge is 2.25. The van der Waals surface area contributed by atoms with Crippen LogP contribution in [0.3, 0.4) is 0 Å². The molecule has 2 aliphatic rings. The second-order valence-electron chi connectivity index (χ2n) is 4.85. The Hall–Kier alpha value is -0.990. The summed E-state index contributed by atoms with van der Waals surface area (Å²) in [6.45, 7) is 5.35. The summed E-state index contributed by atoms with van der Waals surface area (Å²) in [7, 11) is 0.